The fraction of sp³-hybridized carbons (Fsp3) is 0.636. The minimum atomic E-state index is -4.53. The van der Waals surface area contributed by atoms with Crippen molar-refractivity contribution in [3.8, 4) is 0 Å². The van der Waals surface area contributed by atoms with Gasteiger partial charge < -0.3 is 9.64 Å². The number of methoxy groups -OCH3 is 1. The summed E-state index contributed by atoms with van der Waals surface area (Å²) in [6, 6.07) is 0.832. The lowest BCUT2D eigenvalue weighted by Gasteiger charge is -2.21. The summed E-state index contributed by atoms with van der Waals surface area (Å²) in [6.45, 7) is 0.185. The van der Waals surface area contributed by atoms with Crippen LogP contribution in [0.2, 0.25) is 0 Å². The topological polar surface area (TPSA) is 38.2 Å². The van der Waals surface area contributed by atoms with Gasteiger partial charge in [0.05, 0.1) is 13.2 Å². The molecular weight excluding hydrogens is 266 g/mol. The van der Waals surface area contributed by atoms with Crippen LogP contribution in [0.15, 0.2) is 12.4 Å². The van der Waals surface area contributed by atoms with Crippen LogP contribution in [-0.4, -0.2) is 42.4 Å². The summed E-state index contributed by atoms with van der Waals surface area (Å²) in [7, 11) is 1.39. The molecule has 0 saturated carbocycles. The van der Waals surface area contributed by atoms with Crippen LogP contribution in [-0.2, 0) is 10.9 Å². The van der Waals surface area contributed by atoms with Crippen molar-refractivity contribution in [2.75, 3.05) is 31.7 Å². The maximum absolute atomic E-state index is 14.2. The Bertz CT molecular complexity index is 454. The van der Waals surface area contributed by atoms with E-state index in [-0.39, 0.29) is 25.4 Å². The van der Waals surface area contributed by atoms with Crippen molar-refractivity contribution in [3.63, 3.8) is 0 Å². The molecule has 1 aromatic heterocycles. The second-order valence-electron chi connectivity index (χ2n) is 4.51. The van der Waals surface area contributed by atoms with E-state index in [1.54, 1.807) is 0 Å². The van der Waals surface area contributed by atoms with E-state index >= 15 is 0 Å². The highest BCUT2D eigenvalue weighted by atomic mass is 19.4. The van der Waals surface area contributed by atoms with Crippen LogP contribution in [0, 0.1) is 0 Å². The van der Waals surface area contributed by atoms with Gasteiger partial charge in [-0.25, -0.2) is 14.4 Å². The van der Waals surface area contributed by atoms with Crippen LogP contribution in [0.25, 0.3) is 0 Å². The van der Waals surface area contributed by atoms with Crippen molar-refractivity contribution in [2.24, 2.45) is 0 Å². The van der Waals surface area contributed by atoms with Crippen molar-refractivity contribution in [1.82, 2.24) is 9.97 Å². The standard InChI is InChI=1S/C11H13F4N3O/c1-19-6-10(12)2-3-18(5-10)9-4-8(11(13,14)15)16-7-17-9/h4,7H,2-3,5-6H2,1H3. The van der Waals surface area contributed by atoms with Gasteiger partial charge in [0.25, 0.3) is 0 Å². The number of ether oxygens (including phenoxy) is 1. The van der Waals surface area contributed by atoms with Gasteiger partial charge >= 0.3 is 6.18 Å². The van der Waals surface area contributed by atoms with Gasteiger partial charge in [-0.3, -0.25) is 0 Å². The number of halogens is 4. The highest BCUT2D eigenvalue weighted by Crippen LogP contribution is 2.32. The van der Waals surface area contributed by atoms with Crippen molar-refractivity contribution < 1.29 is 22.3 Å². The molecule has 1 atom stereocenters. The number of hydrogen-bond donors (Lipinski definition) is 0. The van der Waals surface area contributed by atoms with Gasteiger partial charge in [-0.05, 0) is 0 Å². The Balaban J connectivity index is 2.16. The van der Waals surface area contributed by atoms with Crippen molar-refractivity contribution in [1.29, 1.82) is 0 Å². The summed E-state index contributed by atoms with van der Waals surface area (Å²) in [5.74, 6) is 0.0814. The molecule has 8 heteroatoms. The molecule has 1 aliphatic rings. The molecule has 1 aromatic rings. The van der Waals surface area contributed by atoms with Gasteiger partial charge in [0, 0.05) is 26.1 Å². The number of aromatic nitrogens is 2. The molecule has 1 unspecified atom stereocenters. The molecule has 0 amide bonds. The molecule has 0 N–H and O–H groups in total. The summed E-state index contributed by atoms with van der Waals surface area (Å²) in [4.78, 5) is 8.41. The molecule has 19 heavy (non-hydrogen) atoms. The lowest BCUT2D eigenvalue weighted by Crippen LogP contribution is -2.33. The first-order chi connectivity index (χ1) is 8.84. The second-order valence-corrected chi connectivity index (χ2v) is 4.51. The van der Waals surface area contributed by atoms with Gasteiger partial charge in [-0.1, -0.05) is 0 Å². The zero-order valence-electron chi connectivity index (χ0n) is 10.2. The van der Waals surface area contributed by atoms with Crippen molar-refractivity contribution in [2.45, 2.75) is 18.3 Å². The summed E-state index contributed by atoms with van der Waals surface area (Å²) < 4.78 is 56.5. The van der Waals surface area contributed by atoms with E-state index in [1.165, 1.54) is 12.0 Å². The summed E-state index contributed by atoms with van der Waals surface area (Å²) >= 11 is 0. The summed E-state index contributed by atoms with van der Waals surface area (Å²) in [5.41, 5.74) is -2.57. The fourth-order valence-electron chi connectivity index (χ4n) is 2.08. The van der Waals surface area contributed by atoms with Crippen LogP contribution < -0.4 is 4.90 Å². The number of hydrogen-bond acceptors (Lipinski definition) is 4. The number of nitrogens with zero attached hydrogens (tertiary/aromatic N) is 3. The Hall–Kier alpha value is -1.44. The molecule has 0 spiro atoms. The Morgan fingerprint density at radius 1 is 1.42 bits per heavy atom. The molecule has 0 aromatic carbocycles. The van der Waals surface area contributed by atoms with Crippen LogP contribution >= 0.6 is 0 Å². The van der Waals surface area contributed by atoms with E-state index in [2.05, 4.69) is 9.97 Å². The normalized spacial score (nSPS) is 23.9. The predicted molar refractivity (Wildman–Crippen MR) is 59.6 cm³/mol. The number of rotatable bonds is 3. The number of anilines is 1. The van der Waals surface area contributed by atoms with Gasteiger partial charge in [0.15, 0.2) is 5.67 Å². The lowest BCUT2D eigenvalue weighted by atomic mass is 10.1. The molecule has 0 radical (unpaired) electrons. The minimum absolute atomic E-state index is 0.0326. The third kappa shape index (κ3) is 3.12. The molecule has 1 saturated heterocycles. The fourth-order valence-corrected chi connectivity index (χ4v) is 2.08. The highest BCUT2D eigenvalue weighted by Gasteiger charge is 2.40. The molecule has 1 aliphatic heterocycles. The quantitative estimate of drug-likeness (QED) is 0.794. The van der Waals surface area contributed by atoms with Gasteiger partial charge in [-0.15, -0.1) is 0 Å². The lowest BCUT2D eigenvalue weighted by molar-refractivity contribution is -0.141. The highest BCUT2D eigenvalue weighted by molar-refractivity contribution is 5.41. The average Bonchev–Trinajstić information content (AvgIpc) is 2.71. The molecule has 1 fully saturated rings. The maximum atomic E-state index is 14.2. The zero-order valence-corrected chi connectivity index (χ0v) is 10.2. The summed E-state index contributed by atoms with van der Waals surface area (Å²) in [6.07, 6.45) is -3.49. The van der Waals surface area contributed by atoms with E-state index in [0.717, 1.165) is 12.4 Å². The largest absolute Gasteiger partial charge is 0.433 e. The zero-order chi connectivity index (χ0) is 14.1. The third-order valence-electron chi connectivity index (χ3n) is 2.97. The molecule has 2 heterocycles. The Morgan fingerprint density at radius 2 is 2.16 bits per heavy atom. The van der Waals surface area contributed by atoms with Crippen LogP contribution in [0.1, 0.15) is 12.1 Å². The first-order valence-electron chi connectivity index (χ1n) is 5.66. The summed E-state index contributed by atoms with van der Waals surface area (Å²) in [5, 5.41) is 0. The predicted octanol–water partition coefficient (Wildman–Crippen LogP) is 2.06. The van der Waals surface area contributed by atoms with Crippen molar-refractivity contribution >= 4 is 5.82 Å². The molecule has 0 bridgehead atoms. The van der Waals surface area contributed by atoms with E-state index in [4.69, 9.17) is 4.74 Å². The van der Waals surface area contributed by atoms with Gasteiger partial charge in [0.1, 0.15) is 17.8 Å². The SMILES string of the molecule is COCC1(F)CCN(c2cc(C(F)(F)F)ncn2)C1. The first-order valence-corrected chi connectivity index (χ1v) is 5.66. The van der Waals surface area contributed by atoms with Gasteiger partial charge in [-0.2, -0.15) is 13.2 Å². The Morgan fingerprint density at radius 3 is 2.79 bits per heavy atom. The monoisotopic (exact) mass is 279 g/mol. The van der Waals surface area contributed by atoms with Crippen molar-refractivity contribution in [3.05, 3.63) is 18.1 Å². The Kier molecular flexibility index (Phi) is 3.62. The van der Waals surface area contributed by atoms with E-state index < -0.39 is 17.5 Å². The molecule has 4 nitrogen and oxygen atoms in total. The molecule has 106 valence electrons. The smallest absolute Gasteiger partial charge is 0.381 e. The van der Waals surface area contributed by atoms with Crippen LogP contribution in [0.5, 0.6) is 0 Å². The van der Waals surface area contributed by atoms with Gasteiger partial charge in [0.2, 0.25) is 0 Å². The molecular formula is C11H13F4N3O. The second kappa shape index (κ2) is 4.92. The van der Waals surface area contributed by atoms with E-state index in [1.807, 2.05) is 0 Å². The van der Waals surface area contributed by atoms with E-state index in [0.29, 0.717) is 6.54 Å². The first kappa shape index (κ1) is 14.0. The maximum Gasteiger partial charge on any atom is 0.433 e. The minimum Gasteiger partial charge on any atom is -0.381 e. The third-order valence-corrected chi connectivity index (χ3v) is 2.97. The van der Waals surface area contributed by atoms with Crippen LogP contribution in [0.4, 0.5) is 23.4 Å². The molecule has 2 rings (SSSR count). The molecule has 0 aliphatic carbocycles. The van der Waals surface area contributed by atoms with Crippen LogP contribution in [0.3, 0.4) is 0 Å². The number of alkyl halides is 4. The Labute approximate surface area is 107 Å². The average molecular weight is 279 g/mol. The van der Waals surface area contributed by atoms with E-state index in [9.17, 15) is 17.6 Å².